The van der Waals surface area contributed by atoms with Gasteiger partial charge < -0.3 is 9.47 Å². The molecule has 7 nitrogen and oxygen atoms in total. The van der Waals surface area contributed by atoms with Gasteiger partial charge in [0.25, 0.3) is 6.43 Å². The van der Waals surface area contributed by atoms with Crippen LogP contribution in [-0.4, -0.2) is 46.1 Å². The minimum Gasteiger partial charge on any atom is -0.468 e. The Balaban J connectivity index is 2.30. The van der Waals surface area contributed by atoms with Crippen molar-refractivity contribution in [1.82, 2.24) is 14.5 Å². The Morgan fingerprint density at radius 3 is 2.48 bits per heavy atom. The Kier molecular flexibility index (Phi) is 6.26. The Labute approximate surface area is 151 Å². The standard InChI is InChI=1S/C16H17F4N5O2/c1-3-11(14(17)18)27-13-5-4-9(6-24-13)10-8-25(12(21)7-23-10)15(22)16(19,20)26-2/h4-8,11,14,21-22H,3H2,1-2H3. The van der Waals surface area contributed by atoms with Gasteiger partial charge in [0.2, 0.25) is 11.7 Å². The molecule has 2 aromatic rings. The second-order valence-electron chi connectivity index (χ2n) is 5.38. The quantitative estimate of drug-likeness (QED) is 0.434. The van der Waals surface area contributed by atoms with Crippen LogP contribution in [0.2, 0.25) is 0 Å². The summed E-state index contributed by atoms with van der Waals surface area (Å²) in [6.07, 6.45) is -4.42. The van der Waals surface area contributed by atoms with Gasteiger partial charge in [-0.15, -0.1) is 0 Å². The molecule has 0 radical (unpaired) electrons. The molecule has 0 saturated carbocycles. The fraction of sp³-hybridized carbons (Fsp3) is 0.375. The number of rotatable bonds is 7. The molecule has 2 rings (SSSR count). The van der Waals surface area contributed by atoms with Crippen LogP contribution in [0.25, 0.3) is 11.3 Å². The molecule has 11 heteroatoms. The largest absolute Gasteiger partial charge is 0.468 e. The van der Waals surface area contributed by atoms with Crippen molar-refractivity contribution in [2.75, 3.05) is 7.11 Å². The molecule has 146 valence electrons. The van der Waals surface area contributed by atoms with Crippen LogP contribution in [0.3, 0.4) is 0 Å². The summed E-state index contributed by atoms with van der Waals surface area (Å²) in [5.41, 5.74) is 0.0495. The highest BCUT2D eigenvalue weighted by atomic mass is 19.3. The molecule has 2 aromatic heterocycles. The van der Waals surface area contributed by atoms with Gasteiger partial charge >= 0.3 is 6.11 Å². The molecule has 2 N–H and O–H groups in total. The smallest absolute Gasteiger partial charge is 0.415 e. The van der Waals surface area contributed by atoms with Crippen molar-refractivity contribution in [2.45, 2.75) is 32.0 Å². The van der Waals surface area contributed by atoms with E-state index in [4.69, 9.17) is 15.6 Å². The molecule has 2 heterocycles. The fourth-order valence-electron chi connectivity index (χ4n) is 2.06. The van der Waals surface area contributed by atoms with Crippen LogP contribution < -0.4 is 10.2 Å². The number of nitrogens with one attached hydrogen (secondary N) is 2. The van der Waals surface area contributed by atoms with Crippen LogP contribution in [0.1, 0.15) is 13.3 Å². The van der Waals surface area contributed by atoms with Crippen molar-refractivity contribution in [3.63, 3.8) is 0 Å². The number of hydrogen-bond donors (Lipinski definition) is 2. The maximum atomic E-state index is 13.6. The van der Waals surface area contributed by atoms with Crippen molar-refractivity contribution in [1.29, 1.82) is 10.8 Å². The molecular weight excluding hydrogens is 370 g/mol. The number of hydrogen-bond acceptors (Lipinski definition) is 6. The van der Waals surface area contributed by atoms with E-state index < -0.39 is 30.0 Å². The first-order chi connectivity index (χ1) is 12.7. The summed E-state index contributed by atoms with van der Waals surface area (Å²) in [5.74, 6) is -1.27. The molecule has 0 saturated heterocycles. The molecule has 0 amide bonds. The van der Waals surface area contributed by atoms with Gasteiger partial charge in [0.05, 0.1) is 11.9 Å². The van der Waals surface area contributed by atoms with E-state index in [-0.39, 0.29) is 18.0 Å². The first-order valence-electron chi connectivity index (χ1n) is 7.76. The lowest BCUT2D eigenvalue weighted by Gasteiger charge is -2.17. The van der Waals surface area contributed by atoms with E-state index >= 15 is 0 Å². The summed E-state index contributed by atoms with van der Waals surface area (Å²) in [7, 11) is 0.742. The summed E-state index contributed by atoms with van der Waals surface area (Å²) in [6.45, 7) is 1.56. The second kappa shape index (κ2) is 8.25. The Morgan fingerprint density at radius 2 is 1.96 bits per heavy atom. The van der Waals surface area contributed by atoms with Crippen LogP contribution in [-0.2, 0) is 4.74 Å². The zero-order valence-electron chi connectivity index (χ0n) is 14.4. The summed E-state index contributed by atoms with van der Waals surface area (Å²) >= 11 is 0. The molecule has 0 aromatic carbocycles. The third-order valence-electron chi connectivity index (χ3n) is 3.60. The SMILES string of the molecule is CCC(Oc1ccc(-c2cn(C(=N)C(F)(F)OC)c(=N)cn2)cn1)C(F)F. The van der Waals surface area contributed by atoms with Gasteiger partial charge in [-0.3, -0.25) is 20.4 Å². The molecular formula is C16H17F4N5O2. The lowest BCUT2D eigenvalue weighted by molar-refractivity contribution is -0.165. The highest BCUT2D eigenvalue weighted by Gasteiger charge is 2.36. The predicted molar refractivity (Wildman–Crippen MR) is 87.1 cm³/mol. The molecule has 0 fully saturated rings. The van der Waals surface area contributed by atoms with Gasteiger partial charge in [-0.2, -0.15) is 8.78 Å². The van der Waals surface area contributed by atoms with Crippen LogP contribution in [0.4, 0.5) is 17.6 Å². The molecule has 0 aliphatic carbocycles. The average Bonchev–Trinajstić information content (AvgIpc) is 2.66. The van der Waals surface area contributed by atoms with Crippen molar-refractivity contribution in [3.8, 4) is 17.1 Å². The summed E-state index contributed by atoms with van der Waals surface area (Å²) in [4.78, 5) is 7.85. The number of ether oxygens (including phenoxy) is 2. The van der Waals surface area contributed by atoms with E-state index in [1.165, 1.54) is 18.3 Å². The molecule has 0 aliphatic heterocycles. The number of methoxy groups -OCH3 is 1. The normalized spacial score (nSPS) is 12.9. The van der Waals surface area contributed by atoms with Crippen molar-refractivity contribution < 1.29 is 27.0 Å². The minimum atomic E-state index is -3.89. The topological polar surface area (TPSA) is 96.9 Å². The molecule has 0 bridgehead atoms. The van der Waals surface area contributed by atoms with Gasteiger partial charge in [-0.1, -0.05) is 6.92 Å². The van der Waals surface area contributed by atoms with Gasteiger partial charge in [0.15, 0.2) is 6.10 Å². The maximum Gasteiger partial charge on any atom is 0.415 e. The Bertz CT molecular complexity index is 855. The Hall–Kier alpha value is -2.82. The number of aromatic nitrogens is 3. The zero-order chi connectivity index (χ0) is 20.2. The molecule has 0 spiro atoms. The van der Waals surface area contributed by atoms with Crippen molar-refractivity contribution in [3.05, 3.63) is 36.2 Å². The van der Waals surface area contributed by atoms with Crippen molar-refractivity contribution in [2.24, 2.45) is 0 Å². The number of halogens is 4. The summed E-state index contributed by atoms with van der Waals surface area (Å²) in [5, 5.41) is 15.2. The number of pyridine rings is 1. The van der Waals surface area contributed by atoms with Crippen LogP contribution >= 0.6 is 0 Å². The Morgan fingerprint density at radius 1 is 1.26 bits per heavy atom. The van der Waals surface area contributed by atoms with E-state index in [0.717, 1.165) is 19.5 Å². The van der Waals surface area contributed by atoms with Crippen LogP contribution in [0, 0.1) is 10.8 Å². The van der Waals surface area contributed by atoms with Crippen molar-refractivity contribution >= 4 is 5.84 Å². The third-order valence-corrected chi connectivity index (χ3v) is 3.60. The fourth-order valence-corrected chi connectivity index (χ4v) is 2.06. The van der Waals surface area contributed by atoms with E-state index in [9.17, 15) is 17.6 Å². The van der Waals surface area contributed by atoms with Crippen LogP contribution in [0.15, 0.2) is 30.7 Å². The third kappa shape index (κ3) is 4.67. The van der Waals surface area contributed by atoms with Gasteiger partial charge in [0.1, 0.15) is 5.49 Å². The highest BCUT2D eigenvalue weighted by molar-refractivity contribution is 5.87. The highest BCUT2D eigenvalue weighted by Crippen LogP contribution is 2.21. The number of nitrogens with zero attached hydrogens (tertiary/aromatic N) is 3. The second-order valence-corrected chi connectivity index (χ2v) is 5.38. The maximum absolute atomic E-state index is 13.6. The van der Waals surface area contributed by atoms with E-state index in [2.05, 4.69) is 14.7 Å². The first kappa shape index (κ1) is 20.5. The number of alkyl halides is 4. The van der Waals surface area contributed by atoms with Crippen LogP contribution in [0.5, 0.6) is 5.88 Å². The van der Waals surface area contributed by atoms with Gasteiger partial charge in [0, 0.05) is 31.1 Å². The minimum absolute atomic E-state index is 0.0189. The molecule has 27 heavy (non-hydrogen) atoms. The summed E-state index contributed by atoms with van der Waals surface area (Å²) in [6, 6.07) is 2.80. The van der Waals surface area contributed by atoms with E-state index in [1.54, 1.807) is 6.92 Å². The lowest BCUT2D eigenvalue weighted by atomic mass is 10.2. The van der Waals surface area contributed by atoms with E-state index in [1.807, 2.05) is 0 Å². The van der Waals surface area contributed by atoms with E-state index in [0.29, 0.717) is 10.1 Å². The molecule has 1 unspecified atom stereocenters. The first-order valence-corrected chi connectivity index (χ1v) is 7.76. The molecule has 1 atom stereocenters. The van der Waals surface area contributed by atoms with Gasteiger partial charge in [-0.25, -0.2) is 13.8 Å². The summed E-state index contributed by atoms with van der Waals surface area (Å²) < 4.78 is 62.3. The molecule has 0 aliphatic rings. The van der Waals surface area contributed by atoms with Gasteiger partial charge in [-0.05, 0) is 12.5 Å². The monoisotopic (exact) mass is 387 g/mol. The lowest BCUT2D eigenvalue weighted by Crippen LogP contribution is -2.40. The predicted octanol–water partition coefficient (Wildman–Crippen LogP) is 2.91. The zero-order valence-corrected chi connectivity index (χ0v) is 14.4. The average molecular weight is 387 g/mol.